The Morgan fingerprint density at radius 3 is 2.36 bits per heavy atom. The van der Waals surface area contributed by atoms with Gasteiger partial charge >= 0.3 is 0 Å². The molecule has 0 saturated carbocycles. The van der Waals surface area contributed by atoms with Crippen molar-refractivity contribution in [1.82, 2.24) is 0 Å². The van der Waals surface area contributed by atoms with E-state index in [1.807, 2.05) is 12.1 Å². The number of carbonyl (C=O) groups excluding carboxylic acids is 2. The number of ketones is 1. The van der Waals surface area contributed by atoms with Crippen molar-refractivity contribution in [3.05, 3.63) is 48.0 Å². The Morgan fingerprint density at radius 2 is 1.71 bits per heavy atom. The molecule has 0 saturated heterocycles. The lowest BCUT2D eigenvalue weighted by atomic mass is 10.1. The van der Waals surface area contributed by atoms with E-state index in [2.05, 4.69) is 15.8 Å². The second kappa shape index (κ2) is 10.1. The summed E-state index contributed by atoms with van der Waals surface area (Å²) in [7, 11) is 3.01. The second-order valence-electron chi connectivity index (χ2n) is 5.86. The minimum Gasteiger partial charge on any atom is -0.495 e. The Labute approximate surface area is 163 Å². The number of hydrogen-bond donors (Lipinski definition) is 3. The van der Waals surface area contributed by atoms with Gasteiger partial charge in [0.05, 0.1) is 25.6 Å². The van der Waals surface area contributed by atoms with Gasteiger partial charge in [-0.05, 0) is 42.8 Å². The number of nitrogens with zero attached hydrogens (tertiary/aromatic N) is 1. The van der Waals surface area contributed by atoms with Gasteiger partial charge in [0.1, 0.15) is 11.5 Å². The van der Waals surface area contributed by atoms with Crippen molar-refractivity contribution in [3.8, 4) is 11.5 Å². The molecule has 8 heteroatoms. The predicted molar refractivity (Wildman–Crippen MR) is 109 cm³/mol. The molecule has 0 aliphatic carbocycles. The number of hydrazone groups is 1. The van der Waals surface area contributed by atoms with E-state index in [1.165, 1.54) is 21.1 Å². The van der Waals surface area contributed by atoms with Crippen molar-refractivity contribution in [2.24, 2.45) is 10.8 Å². The standard InChI is InChI=1S/C20H24N4O4/c1-13(25)19(20(26)22-15-6-4-5-7-17(15)27-2)24-23-16-12-14(10-11-21)8-9-18(16)28-3/h4-9,12,23H,10-11,21H2,1-3H3,(H,22,26). The molecule has 0 aliphatic rings. The fourth-order valence-corrected chi connectivity index (χ4v) is 2.50. The van der Waals surface area contributed by atoms with E-state index in [1.54, 1.807) is 30.3 Å². The molecule has 0 fully saturated rings. The van der Waals surface area contributed by atoms with Gasteiger partial charge in [-0.3, -0.25) is 15.0 Å². The predicted octanol–water partition coefficient (Wildman–Crippen LogP) is 2.20. The second-order valence-corrected chi connectivity index (χ2v) is 5.86. The van der Waals surface area contributed by atoms with Crippen molar-refractivity contribution >= 4 is 28.8 Å². The molecule has 0 atom stereocenters. The zero-order valence-electron chi connectivity index (χ0n) is 16.1. The maximum absolute atomic E-state index is 12.6. The summed E-state index contributed by atoms with van der Waals surface area (Å²) in [6, 6.07) is 12.4. The van der Waals surface area contributed by atoms with Crippen molar-refractivity contribution < 1.29 is 19.1 Å². The maximum Gasteiger partial charge on any atom is 0.279 e. The summed E-state index contributed by atoms with van der Waals surface area (Å²) in [6.45, 7) is 1.76. The molecular weight excluding hydrogens is 360 g/mol. The van der Waals surface area contributed by atoms with Crippen LogP contribution in [0.3, 0.4) is 0 Å². The largest absolute Gasteiger partial charge is 0.495 e. The lowest BCUT2D eigenvalue weighted by Gasteiger charge is -2.12. The third kappa shape index (κ3) is 5.31. The van der Waals surface area contributed by atoms with E-state index in [9.17, 15) is 9.59 Å². The number of nitrogens with one attached hydrogen (secondary N) is 2. The first-order valence-electron chi connectivity index (χ1n) is 8.66. The summed E-state index contributed by atoms with van der Waals surface area (Å²) in [5.41, 5.74) is 10.00. The summed E-state index contributed by atoms with van der Waals surface area (Å²) < 4.78 is 10.5. The monoisotopic (exact) mass is 384 g/mol. The van der Waals surface area contributed by atoms with Crippen LogP contribution < -0.4 is 25.9 Å². The zero-order valence-corrected chi connectivity index (χ0v) is 16.1. The van der Waals surface area contributed by atoms with Gasteiger partial charge in [0, 0.05) is 6.92 Å². The molecule has 4 N–H and O–H groups in total. The molecule has 1 amide bonds. The Hall–Kier alpha value is -3.39. The average Bonchev–Trinajstić information content (AvgIpc) is 2.68. The van der Waals surface area contributed by atoms with Gasteiger partial charge in [0.15, 0.2) is 11.5 Å². The molecule has 148 valence electrons. The summed E-state index contributed by atoms with van der Waals surface area (Å²) >= 11 is 0. The Bertz CT molecular complexity index is 880. The fraction of sp³-hybridized carbons (Fsp3) is 0.250. The molecule has 0 aromatic heterocycles. The van der Waals surface area contributed by atoms with Crippen molar-refractivity contribution in [1.29, 1.82) is 0 Å². The van der Waals surface area contributed by atoms with Crippen LogP contribution in [0.15, 0.2) is 47.6 Å². The first-order valence-corrected chi connectivity index (χ1v) is 8.66. The maximum atomic E-state index is 12.6. The molecule has 8 nitrogen and oxygen atoms in total. The number of anilines is 2. The van der Waals surface area contributed by atoms with Crippen LogP contribution in [0.25, 0.3) is 0 Å². The highest BCUT2D eigenvalue weighted by Gasteiger charge is 2.19. The number of amides is 1. The van der Waals surface area contributed by atoms with E-state index in [0.717, 1.165) is 5.56 Å². The van der Waals surface area contributed by atoms with Crippen LogP contribution in [-0.2, 0) is 16.0 Å². The van der Waals surface area contributed by atoms with E-state index in [-0.39, 0.29) is 5.71 Å². The van der Waals surface area contributed by atoms with E-state index in [4.69, 9.17) is 15.2 Å². The lowest BCUT2D eigenvalue weighted by molar-refractivity contribution is -0.114. The normalized spacial score (nSPS) is 10.9. The topological polar surface area (TPSA) is 115 Å². The van der Waals surface area contributed by atoms with E-state index < -0.39 is 11.7 Å². The van der Waals surface area contributed by atoms with Crippen LogP contribution in [0.1, 0.15) is 12.5 Å². The van der Waals surface area contributed by atoms with Gasteiger partial charge in [-0.25, -0.2) is 0 Å². The molecule has 2 aromatic carbocycles. The number of Topliss-reactive ketones (excluding diaryl/α,β-unsaturated/α-hetero) is 1. The quantitative estimate of drug-likeness (QED) is 0.347. The van der Waals surface area contributed by atoms with E-state index in [0.29, 0.717) is 35.8 Å². The molecule has 0 aliphatic heterocycles. The third-order valence-corrected chi connectivity index (χ3v) is 3.89. The summed E-state index contributed by atoms with van der Waals surface area (Å²) in [5.74, 6) is -0.140. The molecular formula is C20H24N4O4. The van der Waals surface area contributed by atoms with Gasteiger partial charge in [0.25, 0.3) is 5.91 Å². The van der Waals surface area contributed by atoms with Crippen LogP contribution in [0.2, 0.25) is 0 Å². The number of carbonyl (C=O) groups is 2. The number of benzene rings is 2. The minimum absolute atomic E-state index is 0.280. The van der Waals surface area contributed by atoms with Gasteiger partial charge in [0.2, 0.25) is 0 Å². The Kier molecular flexibility index (Phi) is 7.53. The van der Waals surface area contributed by atoms with Crippen molar-refractivity contribution in [2.45, 2.75) is 13.3 Å². The summed E-state index contributed by atoms with van der Waals surface area (Å²) in [6.07, 6.45) is 0.677. The smallest absolute Gasteiger partial charge is 0.279 e. The molecule has 0 unspecified atom stereocenters. The molecule has 28 heavy (non-hydrogen) atoms. The van der Waals surface area contributed by atoms with Crippen LogP contribution in [0, 0.1) is 0 Å². The van der Waals surface area contributed by atoms with Crippen molar-refractivity contribution in [3.63, 3.8) is 0 Å². The SMILES string of the molecule is COc1ccc(CCN)cc1NN=C(C(C)=O)C(=O)Nc1ccccc1OC. The number of para-hydroxylation sites is 2. The lowest BCUT2D eigenvalue weighted by Crippen LogP contribution is -2.29. The number of ether oxygens (including phenoxy) is 2. The van der Waals surface area contributed by atoms with Crippen LogP contribution in [0.4, 0.5) is 11.4 Å². The number of methoxy groups -OCH3 is 2. The number of rotatable bonds is 9. The average molecular weight is 384 g/mol. The summed E-state index contributed by atoms with van der Waals surface area (Å²) in [4.78, 5) is 24.5. The van der Waals surface area contributed by atoms with Gasteiger partial charge in [-0.2, -0.15) is 5.10 Å². The van der Waals surface area contributed by atoms with Crippen LogP contribution >= 0.6 is 0 Å². The number of hydrogen-bond acceptors (Lipinski definition) is 7. The van der Waals surface area contributed by atoms with Gasteiger partial charge in [-0.15, -0.1) is 0 Å². The van der Waals surface area contributed by atoms with E-state index >= 15 is 0 Å². The first-order chi connectivity index (χ1) is 13.5. The Morgan fingerprint density at radius 1 is 1.04 bits per heavy atom. The molecule has 0 radical (unpaired) electrons. The number of nitrogens with two attached hydrogens (primary N) is 1. The van der Waals surface area contributed by atoms with Gasteiger partial charge in [-0.1, -0.05) is 18.2 Å². The first kappa shape index (κ1) is 20.9. The van der Waals surface area contributed by atoms with Crippen molar-refractivity contribution in [2.75, 3.05) is 31.5 Å². The minimum atomic E-state index is -0.651. The molecule has 0 heterocycles. The van der Waals surface area contributed by atoms with Crippen LogP contribution in [-0.4, -0.2) is 38.2 Å². The van der Waals surface area contributed by atoms with Crippen LogP contribution in [0.5, 0.6) is 11.5 Å². The molecule has 2 rings (SSSR count). The molecule has 0 spiro atoms. The Balaban J connectivity index is 2.26. The highest BCUT2D eigenvalue weighted by Crippen LogP contribution is 2.26. The molecule has 2 aromatic rings. The summed E-state index contributed by atoms with van der Waals surface area (Å²) in [5, 5.41) is 6.64. The third-order valence-electron chi connectivity index (χ3n) is 3.89. The molecule has 0 bridgehead atoms. The van der Waals surface area contributed by atoms with Gasteiger partial charge < -0.3 is 20.5 Å². The highest BCUT2D eigenvalue weighted by atomic mass is 16.5. The highest BCUT2D eigenvalue weighted by molar-refractivity contribution is 6.67. The zero-order chi connectivity index (χ0) is 20.5. The fourth-order valence-electron chi connectivity index (χ4n) is 2.50.